The molecule has 1 aromatic carbocycles. The van der Waals surface area contributed by atoms with Crippen molar-refractivity contribution in [1.82, 2.24) is 14.5 Å². The smallest absolute Gasteiger partial charge is 0.257 e. The fraction of sp³-hybridized carbons (Fsp3) is 0.125. The van der Waals surface area contributed by atoms with Crippen LogP contribution in [0.1, 0.15) is 10.4 Å². The predicted molar refractivity (Wildman–Crippen MR) is 78.6 cm³/mol. The van der Waals surface area contributed by atoms with Gasteiger partial charge in [-0.05, 0) is 23.3 Å². The first-order valence-electron chi connectivity index (χ1n) is 6.41. The standard InChI is InChI=1S/C16H15N3O/c1-18(2)16(20)14-11-17-19-9-8-13(10-15(14)19)12-6-4-3-5-7-12/h3-11H,1-2H3. The molecule has 0 spiro atoms. The van der Waals surface area contributed by atoms with Crippen LogP contribution in [0.25, 0.3) is 16.6 Å². The zero-order valence-electron chi connectivity index (χ0n) is 11.4. The van der Waals surface area contributed by atoms with Crippen LogP contribution >= 0.6 is 0 Å². The van der Waals surface area contributed by atoms with E-state index in [1.165, 1.54) is 0 Å². The summed E-state index contributed by atoms with van der Waals surface area (Å²) in [6, 6.07) is 14.1. The highest BCUT2D eigenvalue weighted by Gasteiger charge is 2.14. The molecular formula is C16H15N3O. The van der Waals surface area contributed by atoms with Crippen molar-refractivity contribution in [1.29, 1.82) is 0 Å². The summed E-state index contributed by atoms with van der Waals surface area (Å²) in [5.74, 6) is -0.0368. The first-order chi connectivity index (χ1) is 9.66. The minimum atomic E-state index is -0.0368. The molecule has 3 aromatic rings. The molecule has 0 unspecified atom stereocenters. The van der Waals surface area contributed by atoms with Gasteiger partial charge in [-0.1, -0.05) is 30.3 Å². The number of carbonyl (C=O) groups excluding carboxylic acids is 1. The fourth-order valence-electron chi connectivity index (χ4n) is 2.20. The Morgan fingerprint density at radius 3 is 2.55 bits per heavy atom. The van der Waals surface area contributed by atoms with Gasteiger partial charge in [0, 0.05) is 20.3 Å². The van der Waals surface area contributed by atoms with Gasteiger partial charge in [-0.2, -0.15) is 5.10 Å². The van der Waals surface area contributed by atoms with Crippen LogP contribution in [0.5, 0.6) is 0 Å². The van der Waals surface area contributed by atoms with E-state index in [1.807, 2.05) is 36.5 Å². The van der Waals surface area contributed by atoms with Gasteiger partial charge in [0.1, 0.15) is 0 Å². The molecule has 0 fully saturated rings. The Balaban J connectivity index is 2.15. The summed E-state index contributed by atoms with van der Waals surface area (Å²) in [6.45, 7) is 0. The Hall–Kier alpha value is -2.62. The number of hydrogen-bond acceptors (Lipinski definition) is 2. The molecule has 0 radical (unpaired) electrons. The highest BCUT2D eigenvalue weighted by Crippen LogP contribution is 2.22. The van der Waals surface area contributed by atoms with E-state index < -0.39 is 0 Å². The van der Waals surface area contributed by atoms with Gasteiger partial charge in [-0.25, -0.2) is 4.52 Å². The third kappa shape index (κ3) is 2.05. The molecule has 2 aromatic heterocycles. The third-order valence-electron chi connectivity index (χ3n) is 3.27. The molecule has 0 saturated heterocycles. The number of fused-ring (bicyclic) bond motifs is 1. The summed E-state index contributed by atoms with van der Waals surface area (Å²) < 4.78 is 1.73. The van der Waals surface area contributed by atoms with Crippen LogP contribution in [0, 0.1) is 0 Å². The Morgan fingerprint density at radius 2 is 1.85 bits per heavy atom. The number of amides is 1. The van der Waals surface area contributed by atoms with Gasteiger partial charge in [-0.15, -0.1) is 0 Å². The van der Waals surface area contributed by atoms with Crippen LogP contribution in [0.2, 0.25) is 0 Å². The van der Waals surface area contributed by atoms with Gasteiger partial charge in [0.25, 0.3) is 5.91 Å². The van der Waals surface area contributed by atoms with Crippen molar-refractivity contribution in [3.8, 4) is 11.1 Å². The third-order valence-corrected chi connectivity index (χ3v) is 3.27. The summed E-state index contributed by atoms with van der Waals surface area (Å²) >= 11 is 0. The molecule has 0 bridgehead atoms. The zero-order valence-corrected chi connectivity index (χ0v) is 11.4. The molecule has 0 atom stereocenters. The number of carbonyl (C=O) groups is 1. The van der Waals surface area contributed by atoms with Gasteiger partial charge in [0.15, 0.2) is 0 Å². The van der Waals surface area contributed by atoms with E-state index in [9.17, 15) is 4.79 Å². The number of pyridine rings is 1. The van der Waals surface area contributed by atoms with Gasteiger partial charge in [-0.3, -0.25) is 4.79 Å². The minimum Gasteiger partial charge on any atom is -0.345 e. The van der Waals surface area contributed by atoms with Crippen LogP contribution in [0.15, 0.2) is 54.9 Å². The Kier molecular flexibility index (Phi) is 2.99. The molecule has 0 aliphatic rings. The Morgan fingerprint density at radius 1 is 1.10 bits per heavy atom. The second-order valence-electron chi connectivity index (χ2n) is 4.87. The lowest BCUT2D eigenvalue weighted by atomic mass is 10.1. The van der Waals surface area contributed by atoms with Crippen molar-refractivity contribution in [2.75, 3.05) is 14.1 Å². The summed E-state index contributed by atoms with van der Waals surface area (Å²) in [5, 5.41) is 4.23. The van der Waals surface area contributed by atoms with Gasteiger partial charge in [0.05, 0.1) is 17.3 Å². The van der Waals surface area contributed by atoms with Crippen molar-refractivity contribution in [2.45, 2.75) is 0 Å². The van der Waals surface area contributed by atoms with Gasteiger partial charge < -0.3 is 4.90 Å². The van der Waals surface area contributed by atoms with Crippen molar-refractivity contribution < 1.29 is 4.79 Å². The average molecular weight is 265 g/mol. The maximum Gasteiger partial charge on any atom is 0.257 e. The topological polar surface area (TPSA) is 37.6 Å². The number of rotatable bonds is 2. The van der Waals surface area contributed by atoms with Gasteiger partial charge >= 0.3 is 0 Å². The largest absolute Gasteiger partial charge is 0.345 e. The molecular weight excluding hydrogens is 250 g/mol. The lowest BCUT2D eigenvalue weighted by Gasteiger charge is -2.09. The lowest BCUT2D eigenvalue weighted by molar-refractivity contribution is 0.0829. The number of hydrogen-bond donors (Lipinski definition) is 0. The Bertz CT molecular complexity index is 760. The van der Waals surface area contributed by atoms with E-state index in [4.69, 9.17) is 0 Å². The maximum absolute atomic E-state index is 12.1. The summed E-state index contributed by atoms with van der Waals surface area (Å²) in [4.78, 5) is 13.7. The molecule has 0 aliphatic carbocycles. The fourth-order valence-corrected chi connectivity index (χ4v) is 2.20. The maximum atomic E-state index is 12.1. The highest BCUT2D eigenvalue weighted by molar-refractivity contribution is 6.00. The molecule has 3 rings (SSSR count). The van der Waals surface area contributed by atoms with Crippen LogP contribution in [-0.4, -0.2) is 34.5 Å². The van der Waals surface area contributed by atoms with E-state index in [2.05, 4.69) is 17.2 Å². The van der Waals surface area contributed by atoms with Crippen LogP contribution in [0.3, 0.4) is 0 Å². The van der Waals surface area contributed by atoms with Crippen LogP contribution in [-0.2, 0) is 0 Å². The summed E-state index contributed by atoms with van der Waals surface area (Å²) in [6.07, 6.45) is 3.50. The van der Waals surface area contributed by atoms with Crippen molar-refractivity contribution in [3.05, 3.63) is 60.4 Å². The molecule has 4 nitrogen and oxygen atoms in total. The number of aromatic nitrogens is 2. The van der Waals surface area contributed by atoms with Crippen molar-refractivity contribution in [3.63, 3.8) is 0 Å². The van der Waals surface area contributed by atoms with E-state index in [0.29, 0.717) is 5.56 Å². The molecule has 1 amide bonds. The second-order valence-corrected chi connectivity index (χ2v) is 4.87. The normalized spacial score (nSPS) is 10.7. The van der Waals surface area contributed by atoms with Crippen LogP contribution in [0.4, 0.5) is 0 Å². The SMILES string of the molecule is CN(C)C(=O)c1cnn2ccc(-c3ccccc3)cc12. The van der Waals surface area contributed by atoms with E-state index >= 15 is 0 Å². The van der Waals surface area contributed by atoms with E-state index in [1.54, 1.807) is 29.7 Å². The zero-order chi connectivity index (χ0) is 14.1. The molecule has 2 heterocycles. The Labute approximate surface area is 117 Å². The molecule has 0 N–H and O–H groups in total. The number of nitrogens with zero attached hydrogens (tertiary/aromatic N) is 3. The first kappa shape index (κ1) is 12.4. The molecule has 4 heteroatoms. The van der Waals surface area contributed by atoms with E-state index in [-0.39, 0.29) is 5.91 Å². The molecule has 20 heavy (non-hydrogen) atoms. The lowest BCUT2D eigenvalue weighted by Crippen LogP contribution is -2.21. The second kappa shape index (κ2) is 4.81. The molecule has 100 valence electrons. The van der Waals surface area contributed by atoms with Crippen LogP contribution < -0.4 is 0 Å². The van der Waals surface area contributed by atoms with Crippen molar-refractivity contribution in [2.24, 2.45) is 0 Å². The predicted octanol–water partition coefficient (Wildman–Crippen LogP) is 2.70. The summed E-state index contributed by atoms with van der Waals surface area (Å²) in [7, 11) is 3.49. The monoisotopic (exact) mass is 265 g/mol. The van der Waals surface area contributed by atoms with E-state index in [0.717, 1.165) is 16.6 Å². The van der Waals surface area contributed by atoms with Gasteiger partial charge in [0.2, 0.25) is 0 Å². The average Bonchev–Trinajstić information content (AvgIpc) is 2.90. The van der Waals surface area contributed by atoms with Crippen molar-refractivity contribution >= 4 is 11.4 Å². The first-order valence-corrected chi connectivity index (χ1v) is 6.41. The quantitative estimate of drug-likeness (QED) is 0.714. The summed E-state index contributed by atoms with van der Waals surface area (Å²) in [5.41, 5.74) is 3.64. The molecule has 0 saturated carbocycles. The molecule has 0 aliphatic heterocycles. The highest BCUT2D eigenvalue weighted by atomic mass is 16.2. The number of benzene rings is 1. The minimum absolute atomic E-state index is 0.0368.